The molecule has 0 aliphatic carbocycles. The highest BCUT2D eigenvalue weighted by Crippen LogP contribution is 2.24. The highest BCUT2D eigenvalue weighted by molar-refractivity contribution is 7.99. The van der Waals surface area contributed by atoms with Gasteiger partial charge in [0.2, 0.25) is 5.91 Å². The van der Waals surface area contributed by atoms with E-state index in [0.717, 1.165) is 6.42 Å². The first kappa shape index (κ1) is 17.6. The maximum atomic E-state index is 11.6. The number of nitrogens with zero attached hydrogens (tertiary/aromatic N) is 3. The number of nitrogens with one attached hydrogen (secondary N) is 1. The highest BCUT2D eigenvalue weighted by atomic mass is 35.5. The second kappa shape index (κ2) is 8.79. The molecule has 0 radical (unpaired) electrons. The zero-order chi connectivity index (χ0) is 16.7. The van der Waals surface area contributed by atoms with E-state index >= 15 is 0 Å². The van der Waals surface area contributed by atoms with Crippen LogP contribution in [0.3, 0.4) is 0 Å². The molecule has 8 heteroatoms. The predicted octanol–water partition coefficient (Wildman–Crippen LogP) is 2.67. The number of para-hydroxylation sites is 1. The summed E-state index contributed by atoms with van der Waals surface area (Å²) in [7, 11) is 1.84. The topological polar surface area (TPSA) is 69.0 Å². The lowest BCUT2D eigenvalue weighted by Crippen LogP contribution is -2.25. The standard InChI is InChI=1S/C15H19ClN4O2S/c1-3-8-17-14(21)10-23-15-19-18-13(20(15)2)9-22-12-7-5-4-6-11(12)16/h4-7H,3,8-10H2,1-2H3,(H,17,21). The SMILES string of the molecule is CCCNC(=O)CSc1nnc(COc2ccccc2Cl)n1C. The third kappa shape index (κ3) is 5.14. The summed E-state index contributed by atoms with van der Waals surface area (Å²) in [5.41, 5.74) is 0. The minimum Gasteiger partial charge on any atom is -0.484 e. The van der Waals surface area contributed by atoms with Crippen LogP contribution in [0.1, 0.15) is 19.2 Å². The van der Waals surface area contributed by atoms with E-state index in [0.29, 0.717) is 34.1 Å². The number of rotatable bonds is 8. The number of amides is 1. The smallest absolute Gasteiger partial charge is 0.230 e. The summed E-state index contributed by atoms with van der Waals surface area (Å²) in [4.78, 5) is 11.6. The van der Waals surface area contributed by atoms with Gasteiger partial charge in [-0.3, -0.25) is 4.79 Å². The molecule has 2 rings (SSSR count). The van der Waals surface area contributed by atoms with Crippen LogP contribution < -0.4 is 10.1 Å². The Morgan fingerprint density at radius 3 is 2.91 bits per heavy atom. The summed E-state index contributed by atoms with van der Waals surface area (Å²) < 4.78 is 7.47. The van der Waals surface area contributed by atoms with Crippen LogP contribution in [0.15, 0.2) is 29.4 Å². The van der Waals surface area contributed by atoms with Crippen LogP contribution in [-0.4, -0.2) is 33.0 Å². The van der Waals surface area contributed by atoms with E-state index in [2.05, 4.69) is 15.5 Å². The van der Waals surface area contributed by atoms with Crippen molar-refractivity contribution in [2.75, 3.05) is 12.3 Å². The molecule has 0 saturated heterocycles. The van der Waals surface area contributed by atoms with Crippen molar-refractivity contribution in [2.24, 2.45) is 7.05 Å². The van der Waals surface area contributed by atoms with Crippen LogP contribution in [0, 0.1) is 0 Å². The Morgan fingerprint density at radius 1 is 1.39 bits per heavy atom. The zero-order valence-corrected chi connectivity index (χ0v) is 14.7. The van der Waals surface area contributed by atoms with Crippen LogP contribution in [-0.2, 0) is 18.4 Å². The van der Waals surface area contributed by atoms with Gasteiger partial charge in [0, 0.05) is 13.6 Å². The minimum absolute atomic E-state index is 0.00582. The fourth-order valence-corrected chi connectivity index (χ4v) is 2.70. The largest absolute Gasteiger partial charge is 0.484 e. The van der Waals surface area contributed by atoms with Crippen molar-refractivity contribution >= 4 is 29.3 Å². The molecule has 23 heavy (non-hydrogen) atoms. The maximum Gasteiger partial charge on any atom is 0.230 e. The zero-order valence-electron chi connectivity index (χ0n) is 13.1. The molecular weight excluding hydrogens is 336 g/mol. The fraction of sp³-hybridized carbons (Fsp3) is 0.400. The summed E-state index contributed by atoms with van der Waals surface area (Å²) >= 11 is 7.39. The van der Waals surface area contributed by atoms with Gasteiger partial charge >= 0.3 is 0 Å². The molecule has 1 amide bonds. The van der Waals surface area contributed by atoms with E-state index in [1.807, 2.05) is 30.7 Å². The summed E-state index contributed by atoms with van der Waals surface area (Å²) in [6.07, 6.45) is 0.921. The summed E-state index contributed by atoms with van der Waals surface area (Å²) in [6, 6.07) is 7.26. The number of thioether (sulfide) groups is 1. The van der Waals surface area contributed by atoms with Gasteiger partial charge in [-0.2, -0.15) is 0 Å². The van der Waals surface area contributed by atoms with Crippen LogP contribution in [0.5, 0.6) is 5.75 Å². The number of benzene rings is 1. The Morgan fingerprint density at radius 2 is 2.17 bits per heavy atom. The second-order valence-corrected chi connectivity index (χ2v) is 6.17. The molecule has 1 aromatic heterocycles. The molecule has 0 unspecified atom stereocenters. The molecule has 0 bridgehead atoms. The molecule has 1 aromatic carbocycles. The maximum absolute atomic E-state index is 11.6. The summed E-state index contributed by atoms with van der Waals surface area (Å²) in [5, 5.41) is 12.2. The average molecular weight is 355 g/mol. The Balaban J connectivity index is 1.89. The monoisotopic (exact) mass is 354 g/mol. The molecular formula is C15H19ClN4O2S. The van der Waals surface area contributed by atoms with Gasteiger partial charge in [-0.25, -0.2) is 0 Å². The van der Waals surface area contributed by atoms with Gasteiger partial charge in [0.1, 0.15) is 12.4 Å². The number of hydrogen-bond donors (Lipinski definition) is 1. The summed E-state index contributed by atoms with van der Waals surface area (Å²) in [6.45, 7) is 2.96. The molecule has 2 aromatic rings. The lowest BCUT2D eigenvalue weighted by Gasteiger charge is -2.07. The van der Waals surface area contributed by atoms with Crippen molar-refractivity contribution in [1.82, 2.24) is 20.1 Å². The van der Waals surface area contributed by atoms with E-state index in [1.54, 1.807) is 12.1 Å². The van der Waals surface area contributed by atoms with Gasteiger partial charge in [0.25, 0.3) is 0 Å². The average Bonchev–Trinajstić information content (AvgIpc) is 2.90. The molecule has 0 aliphatic rings. The molecule has 124 valence electrons. The normalized spacial score (nSPS) is 10.6. The van der Waals surface area contributed by atoms with Crippen LogP contribution in [0.4, 0.5) is 0 Å². The number of halogens is 1. The van der Waals surface area contributed by atoms with E-state index < -0.39 is 0 Å². The van der Waals surface area contributed by atoms with Crippen LogP contribution >= 0.6 is 23.4 Å². The molecule has 0 spiro atoms. The van der Waals surface area contributed by atoms with Crippen molar-refractivity contribution in [3.8, 4) is 5.75 Å². The highest BCUT2D eigenvalue weighted by Gasteiger charge is 2.12. The molecule has 1 N–H and O–H groups in total. The first-order valence-corrected chi connectivity index (χ1v) is 8.63. The van der Waals surface area contributed by atoms with Gasteiger partial charge in [-0.1, -0.05) is 42.4 Å². The van der Waals surface area contributed by atoms with Crippen LogP contribution in [0.25, 0.3) is 0 Å². The number of ether oxygens (including phenoxy) is 1. The van der Waals surface area contributed by atoms with Gasteiger partial charge in [-0.15, -0.1) is 10.2 Å². The molecule has 1 heterocycles. The van der Waals surface area contributed by atoms with Gasteiger partial charge < -0.3 is 14.6 Å². The van der Waals surface area contributed by atoms with E-state index in [1.165, 1.54) is 11.8 Å². The Kier molecular flexibility index (Phi) is 6.73. The Labute approximate surface area is 144 Å². The molecule has 0 aliphatic heterocycles. The lowest BCUT2D eigenvalue weighted by atomic mass is 10.3. The van der Waals surface area contributed by atoms with Crippen molar-refractivity contribution in [2.45, 2.75) is 25.1 Å². The van der Waals surface area contributed by atoms with Gasteiger partial charge in [-0.05, 0) is 18.6 Å². The van der Waals surface area contributed by atoms with E-state index in [-0.39, 0.29) is 12.5 Å². The molecule has 6 nitrogen and oxygen atoms in total. The molecule has 0 fully saturated rings. The number of carbonyl (C=O) groups excluding carboxylic acids is 1. The third-order valence-electron chi connectivity index (χ3n) is 3.02. The van der Waals surface area contributed by atoms with Gasteiger partial charge in [0.05, 0.1) is 10.8 Å². The Hall–Kier alpha value is -1.73. The summed E-state index contributed by atoms with van der Waals surface area (Å²) in [5.74, 6) is 1.58. The molecule has 0 saturated carbocycles. The first-order valence-electron chi connectivity index (χ1n) is 7.27. The van der Waals surface area contributed by atoms with E-state index in [9.17, 15) is 4.79 Å². The van der Waals surface area contributed by atoms with Gasteiger partial charge in [0.15, 0.2) is 11.0 Å². The minimum atomic E-state index is -0.00582. The van der Waals surface area contributed by atoms with E-state index in [4.69, 9.17) is 16.3 Å². The number of hydrogen-bond acceptors (Lipinski definition) is 5. The number of carbonyl (C=O) groups is 1. The van der Waals surface area contributed by atoms with Crippen molar-refractivity contribution in [1.29, 1.82) is 0 Å². The fourth-order valence-electron chi connectivity index (χ4n) is 1.75. The lowest BCUT2D eigenvalue weighted by molar-refractivity contribution is -0.118. The third-order valence-corrected chi connectivity index (χ3v) is 4.36. The number of aromatic nitrogens is 3. The van der Waals surface area contributed by atoms with Crippen molar-refractivity contribution in [3.05, 3.63) is 35.1 Å². The van der Waals surface area contributed by atoms with Crippen molar-refractivity contribution < 1.29 is 9.53 Å². The predicted molar refractivity (Wildman–Crippen MR) is 90.8 cm³/mol. The quantitative estimate of drug-likeness (QED) is 0.738. The van der Waals surface area contributed by atoms with Crippen LogP contribution in [0.2, 0.25) is 5.02 Å². The molecule has 0 atom stereocenters. The Bertz CT molecular complexity index is 663. The van der Waals surface area contributed by atoms with Crippen molar-refractivity contribution in [3.63, 3.8) is 0 Å². The first-order chi connectivity index (χ1) is 11.1. The second-order valence-electron chi connectivity index (χ2n) is 4.82.